The zero-order valence-electron chi connectivity index (χ0n) is 10.3. The molecule has 1 aromatic heterocycles. The second-order valence-electron chi connectivity index (χ2n) is 4.74. The highest BCUT2D eigenvalue weighted by Gasteiger charge is 2.17. The van der Waals surface area contributed by atoms with Crippen molar-refractivity contribution >= 4 is 11.3 Å². The van der Waals surface area contributed by atoms with Gasteiger partial charge in [-0.3, -0.25) is 0 Å². The number of nitrogens with zero attached hydrogens (tertiary/aromatic N) is 1. The maximum atomic E-state index is 4.51. The van der Waals surface area contributed by atoms with Gasteiger partial charge in [0.15, 0.2) is 0 Å². The summed E-state index contributed by atoms with van der Waals surface area (Å²) in [4.78, 5) is 5.90. The van der Waals surface area contributed by atoms with Gasteiger partial charge in [0.1, 0.15) is 5.01 Å². The Morgan fingerprint density at radius 1 is 1.44 bits per heavy atom. The van der Waals surface area contributed by atoms with Crippen LogP contribution in [0.3, 0.4) is 0 Å². The topological polar surface area (TPSA) is 24.9 Å². The molecule has 2 nitrogen and oxygen atoms in total. The maximum absolute atomic E-state index is 4.51. The Morgan fingerprint density at radius 2 is 2.19 bits per heavy atom. The third-order valence-corrected chi connectivity index (χ3v) is 4.71. The Labute approximate surface area is 102 Å². The van der Waals surface area contributed by atoms with Crippen LogP contribution in [0, 0.1) is 0 Å². The molecule has 0 saturated heterocycles. The van der Waals surface area contributed by atoms with Crippen LogP contribution in [0.25, 0.3) is 0 Å². The molecule has 1 fully saturated rings. The van der Waals surface area contributed by atoms with Crippen molar-refractivity contribution in [3.63, 3.8) is 0 Å². The predicted molar refractivity (Wildman–Crippen MR) is 69.9 cm³/mol. The van der Waals surface area contributed by atoms with Crippen molar-refractivity contribution in [3.8, 4) is 0 Å². The average Bonchev–Trinajstić information content (AvgIpc) is 2.79. The third-order valence-electron chi connectivity index (χ3n) is 3.38. The molecule has 0 aromatic carbocycles. The largest absolute Gasteiger partial charge is 0.305 e. The number of aryl methyl sites for hydroxylation is 1. The summed E-state index contributed by atoms with van der Waals surface area (Å²) in [5.41, 5.74) is 0. The highest BCUT2D eigenvalue weighted by Crippen LogP contribution is 2.24. The Hall–Kier alpha value is -0.410. The van der Waals surface area contributed by atoms with Crippen molar-refractivity contribution in [2.75, 3.05) is 0 Å². The van der Waals surface area contributed by atoms with Crippen molar-refractivity contribution in [3.05, 3.63) is 16.1 Å². The molecular formula is C13H22N2S. The number of hydrogen-bond acceptors (Lipinski definition) is 3. The molecule has 2 rings (SSSR count). The van der Waals surface area contributed by atoms with Gasteiger partial charge in [0.25, 0.3) is 0 Å². The molecule has 16 heavy (non-hydrogen) atoms. The molecule has 0 aliphatic heterocycles. The quantitative estimate of drug-likeness (QED) is 0.865. The summed E-state index contributed by atoms with van der Waals surface area (Å²) in [5.74, 6) is 0. The van der Waals surface area contributed by atoms with Gasteiger partial charge in [0.2, 0.25) is 0 Å². The molecule has 1 unspecified atom stereocenters. The monoisotopic (exact) mass is 238 g/mol. The van der Waals surface area contributed by atoms with Crippen LogP contribution >= 0.6 is 11.3 Å². The van der Waals surface area contributed by atoms with Gasteiger partial charge in [-0.05, 0) is 26.2 Å². The van der Waals surface area contributed by atoms with Crippen molar-refractivity contribution in [2.45, 2.75) is 64.5 Å². The van der Waals surface area contributed by atoms with Crippen molar-refractivity contribution < 1.29 is 0 Å². The maximum Gasteiger partial charge on any atom is 0.109 e. The molecule has 0 spiro atoms. The van der Waals surface area contributed by atoms with Gasteiger partial charge in [0, 0.05) is 17.1 Å². The van der Waals surface area contributed by atoms with Crippen LogP contribution in [0.5, 0.6) is 0 Å². The lowest BCUT2D eigenvalue weighted by molar-refractivity contribution is 0.346. The van der Waals surface area contributed by atoms with Gasteiger partial charge < -0.3 is 5.32 Å². The van der Waals surface area contributed by atoms with Crippen molar-refractivity contribution in [1.29, 1.82) is 0 Å². The normalized spacial score (nSPS) is 19.9. The van der Waals surface area contributed by atoms with Gasteiger partial charge >= 0.3 is 0 Å². The van der Waals surface area contributed by atoms with E-state index in [0.717, 1.165) is 12.5 Å². The van der Waals surface area contributed by atoms with E-state index >= 15 is 0 Å². The average molecular weight is 238 g/mol. The zero-order chi connectivity index (χ0) is 11.4. The lowest BCUT2D eigenvalue weighted by atomic mass is 9.95. The van der Waals surface area contributed by atoms with E-state index in [9.17, 15) is 0 Å². The summed E-state index contributed by atoms with van der Waals surface area (Å²) in [6.45, 7) is 4.43. The fourth-order valence-corrected chi connectivity index (χ4v) is 3.25. The molecule has 3 heteroatoms. The number of nitrogens with one attached hydrogen (secondary N) is 1. The standard InChI is InChI=1S/C13H22N2S/c1-3-12-9-14-13(16-12)10(2)15-11-7-5-4-6-8-11/h9-11,15H,3-8H2,1-2H3. The summed E-state index contributed by atoms with van der Waals surface area (Å²) in [6.07, 6.45) is 10.0. The molecule has 1 atom stereocenters. The van der Waals surface area contributed by atoms with Gasteiger partial charge in [-0.2, -0.15) is 0 Å². The number of hydrogen-bond donors (Lipinski definition) is 1. The van der Waals surface area contributed by atoms with E-state index in [1.165, 1.54) is 42.0 Å². The lowest BCUT2D eigenvalue weighted by Gasteiger charge is -2.25. The van der Waals surface area contributed by atoms with E-state index in [-0.39, 0.29) is 0 Å². The van der Waals surface area contributed by atoms with Crippen LogP contribution in [0.15, 0.2) is 6.20 Å². The van der Waals surface area contributed by atoms with Gasteiger partial charge in [0.05, 0.1) is 6.04 Å². The predicted octanol–water partition coefficient (Wildman–Crippen LogP) is 3.69. The number of thiazole rings is 1. The van der Waals surface area contributed by atoms with Crippen molar-refractivity contribution in [1.82, 2.24) is 10.3 Å². The summed E-state index contributed by atoms with van der Waals surface area (Å²) < 4.78 is 0. The molecular weight excluding hydrogens is 216 g/mol. The number of aromatic nitrogens is 1. The van der Waals surface area contributed by atoms with Gasteiger partial charge in [-0.1, -0.05) is 26.2 Å². The van der Waals surface area contributed by atoms with E-state index in [0.29, 0.717) is 6.04 Å². The molecule has 1 saturated carbocycles. The van der Waals surface area contributed by atoms with Crippen molar-refractivity contribution in [2.24, 2.45) is 0 Å². The molecule has 1 heterocycles. The first-order valence-corrected chi connectivity index (χ1v) is 7.32. The molecule has 1 N–H and O–H groups in total. The second kappa shape index (κ2) is 5.78. The first-order chi connectivity index (χ1) is 7.79. The number of rotatable bonds is 4. The highest BCUT2D eigenvalue weighted by atomic mass is 32.1. The van der Waals surface area contributed by atoms with Crippen LogP contribution < -0.4 is 5.32 Å². The molecule has 0 radical (unpaired) electrons. The fraction of sp³-hybridized carbons (Fsp3) is 0.769. The highest BCUT2D eigenvalue weighted by molar-refractivity contribution is 7.11. The van der Waals surface area contributed by atoms with E-state index in [4.69, 9.17) is 0 Å². The molecule has 0 amide bonds. The minimum absolute atomic E-state index is 0.424. The van der Waals surface area contributed by atoms with Gasteiger partial charge in [-0.15, -0.1) is 11.3 Å². The van der Waals surface area contributed by atoms with Crippen LogP contribution in [0.1, 0.15) is 61.9 Å². The lowest BCUT2D eigenvalue weighted by Crippen LogP contribution is -2.33. The SMILES string of the molecule is CCc1cnc(C(C)NC2CCCCC2)s1. The summed E-state index contributed by atoms with van der Waals surface area (Å²) in [5, 5.41) is 4.97. The van der Waals surface area contributed by atoms with E-state index < -0.39 is 0 Å². The first kappa shape index (κ1) is 12.1. The molecule has 90 valence electrons. The van der Waals surface area contributed by atoms with E-state index in [1.807, 2.05) is 17.5 Å². The zero-order valence-corrected chi connectivity index (χ0v) is 11.1. The van der Waals surface area contributed by atoms with Crippen LogP contribution in [-0.4, -0.2) is 11.0 Å². The fourth-order valence-electron chi connectivity index (χ4n) is 2.38. The minimum Gasteiger partial charge on any atom is -0.305 e. The smallest absolute Gasteiger partial charge is 0.109 e. The Kier molecular flexibility index (Phi) is 4.36. The van der Waals surface area contributed by atoms with Crippen LogP contribution in [-0.2, 0) is 6.42 Å². The third kappa shape index (κ3) is 3.05. The van der Waals surface area contributed by atoms with Crippen LogP contribution in [0.4, 0.5) is 0 Å². The summed E-state index contributed by atoms with van der Waals surface area (Å²) in [7, 11) is 0. The molecule has 1 aliphatic rings. The Morgan fingerprint density at radius 3 is 2.81 bits per heavy atom. The first-order valence-electron chi connectivity index (χ1n) is 6.50. The molecule has 0 bridgehead atoms. The Balaban J connectivity index is 1.88. The minimum atomic E-state index is 0.424. The van der Waals surface area contributed by atoms with Gasteiger partial charge in [-0.25, -0.2) is 4.98 Å². The Bertz CT molecular complexity index is 315. The summed E-state index contributed by atoms with van der Waals surface area (Å²) >= 11 is 1.86. The second-order valence-corrected chi connectivity index (χ2v) is 5.89. The summed E-state index contributed by atoms with van der Waals surface area (Å²) in [6, 6.07) is 1.14. The molecule has 1 aliphatic carbocycles. The van der Waals surface area contributed by atoms with E-state index in [1.54, 1.807) is 0 Å². The van der Waals surface area contributed by atoms with Crippen LogP contribution in [0.2, 0.25) is 0 Å². The molecule has 1 aromatic rings. The van der Waals surface area contributed by atoms with E-state index in [2.05, 4.69) is 24.1 Å².